The summed E-state index contributed by atoms with van der Waals surface area (Å²) < 4.78 is 0. The summed E-state index contributed by atoms with van der Waals surface area (Å²) in [5.41, 5.74) is 1.54. The Bertz CT molecular complexity index is 603. The van der Waals surface area contributed by atoms with Gasteiger partial charge in [-0.1, -0.05) is 33.3 Å². The number of carbonyl (C=O) groups excluding carboxylic acids is 2. The maximum atomic E-state index is 12.5. The highest BCUT2D eigenvalue weighted by molar-refractivity contribution is 5.92. The second-order valence-corrected chi connectivity index (χ2v) is 9.41. The SMILES string of the molecule is C[C@@H]1CC(=O)C=C2C[C@H](C)[C@@H]3[C@H](CC[C@]4(C)C(=O)CC[C@@H]34)[C@]21C. The van der Waals surface area contributed by atoms with Crippen molar-refractivity contribution in [3.63, 3.8) is 0 Å². The van der Waals surface area contributed by atoms with Crippen LogP contribution in [0.15, 0.2) is 11.6 Å². The number of ketones is 2. The van der Waals surface area contributed by atoms with Crippen LogP contribution in [0.3, 0.4) is 0 Å². The van der Waals surface area contributed by atoms with Crippen LogP contribution in [0.2, 0.25) is 0 Å². The lowest BCUT2D eigenvalue weighted by Crippen LogP contribution is -2.55. The molecule has 0 bridgehead atoms. The van der Waals surface area contributed by atoms with E-state index in [4.69, 9.17) is 0 Å². The number of hydrogen-bond donors (Lipinski definition) is 0. The van der Waals surface area contributed by atoms with Crippen LogP contribution >= 0.6 is 0 Å². The highest BCUT2D eigenvalue weighted by Gasteiger charge is 2.61. The van der Waals surface area contributed by atoms with Gasteiger partial charge in [0, 0.05) is 18.3 Å². The number of hydrogen-bond acceptors (Lipinski definition) is 2. The van der Waals surface area contributed by atoms with Gasteiger partial charge in [-0.2, -0.15) is 0 Å². The van der Waals surface area contributed by atoms with Gasteiger partial charge in [0.05, 0.1) is 0 Å². The van der Waals surface area contributed by atoms with E-state index in [9.17, 15) is 9.59 Å². The van der Waals surface area contributed by atoms with Gasteiger partial charge in [0.25, 0.3) is 0 Å². The van der Waals surface area contributed by atoms with Gasteiger partial charge in [-0.05, 0) is 66.8 Å². The van der Waals surface area contributed by atoms with Gasteiger partial charge in [0.15, 0.2) is 5.78 Å². The monoisotopic (exact) mass is 314 g/mol. The van der Waals surface area contributed by atoms with Crippen molar-refractivity contribution in [1.29, 1.82) is 0 Å². The van der Waals surface area contributed by atoms with Crippen LogP contribution in [-0.2, 0) is 9.59 Å². The Hall–Kier alpha value is -0.920. The van der Waals surface area contributed by atoms with Crippen LogP contribution in [0.4, 0.5) is 0 Å². The summed E-state index contributed by atoms with van der Waals surface area (Å²) >= 11 is 0. The van der Waals surface area contributed by atoms with Gasteiger partial charge < -0.3 is 0 Å². The molecule has 0 unspecified atom stereocenters. The normalized spacial score (nSPS) is 52.5. The summed E-state index contributed by atoms with van der Waals surface area (Å²) in [6.45, 7) is 9.33. The minimum absolute atomic E-state index is 0.0548. The molecule has 0 heterocycles. The van der Waals surface area contributed by atoms with Gasteiger partial charge in [0.2, 0.25) is 0 Å². The first-order valence-corrected chi connectivity index (χ1v) is 9.55. The molecule has 0 radical (unpaired) electrons. The van der Waals surface area contributed by atoms with Crippen molar-refractivity contribution >= 4 is 11.6 Å². The van der Waals surface area contributed by atoms with Crippen LogP contribution < -0.4 is 0 Å². The third-order valence-electron chi connectivity index (χ3n) is 8.57. The molecule has 4 rings (SSSR count). The maximum absolute atomic E-state index is 12.5. The average Bonchev–Trinajstić information content (AvgIpc) is 2.78. The molecule has 0 saturated heterocycles. The largest absolute Gasteiger partial charge is 0.299 e. The van der Waals surface area contributed by atoms with Crippen molar-refractivity contribution in [2.24, 2.45) is 40.4 Å². The molecular formula is C21H30O2. The van der Waals surface area contributed by atoms with Crippen LogP contribution in [0.1, 0.15) is 66.2 Å². The Morgan fingerprint density at radius 3 is 2.52 bits per heavy atom. The number of fused-ring (bicyclic) bond motifs is 5. The van der Waals surface area contributed by atoms with E-state index in [1.807, 2.05) is 6.08 Å². The Kier molecular flexibility index (Phi) is 3.26. The zero-order chi connectivity index (χ0) is 16.6. The van der Waals surface area contributed by atoms with E-state index < -0.39 is 0 Å². The molecule has 2 heteroatoms. The lowest BCUT2D eigenvalue weighted by atomic mass is 9.43. The lowest BCUT2D eigenvalue weighted by Gasteiger charge is -2.60. The van der Waals surface area contributed by atoms with E-state index in [1.54, 1.807) is 0 Å². The van der Waals surface area contributed by atoms with Gasteiger partial charge >= 0.3 is 0 Å². The second-order valence-electron chi connectivity index (χ2n) is 9.41. The van der Waals surface area contributed by atoms with Gasteiger partial charge in [-0.3, -0.25) is 9.59 Å². The molecule has 126 valence electrons. The molecule has 2 nitrogen and oxygen atoms in total. The summed E-state index contributed by atoms with van der Waals surface area (Å²) in [7, 11) is 0. The van der Waals surface area contributed by atoms with Crippen LogP contribution in [-0.4, -0.2) is 11.6 Å². The molecule has 7 atom stereocenters. The van der Waals surface area contributed by atoms with E-state index in [2.05, 4.69) is 27.7 Å². The third kappa shape index (κ3) is 1.87. The molecule has 0 aromatic rings. The zero-order valence-corrected chi connectivity index (χ0v) is 15.0. The second kappa shape index (κ2) is 4.80. The molecule has 0 aromatic carbocycles. The molecule has 4 aliphatic carbocycles. The van der Waals surface area contributed by atoms with Crippen LogP contribution in [0, 0.1) is 40.4 Å². The maximum Gasteiger partial charge on any atom is 0.155 e. The number of rotatable bonds is 0. The Labute approximate surface area is 140 Å². The average molecular weight is 314 g/mol. The number of allylic oxidation sites excluding steroid dienone is 1. The molecular weight excluding hydrogens is 284 g/mol. The van der Waals surface area contributed by atoms with Gasteiger partial charge in [-0.25, -0.2) is 0 Å². The summed E-state index contributed by atoms with van der Waals surface area (Å²) in [6, 6.07) is 0. The van der Waals surface area contributed by atoms with Crippen molar-refractivity contribution in [3.05, 3.63) is 11.6 Å². The first-order chi connectivity index (χ1) is 10.8. The van der Waals surface area contributed by atoms with Crippen molar-refractivity contribution in [2.45, 2.75) is 66.2 Å². The molecule has 23 heavy (non-hydrogen) atoms. The van der Waals surface area contributed by atoms with E-state index in [0.29, 0.717) is 47.6 Å². The summed E-state index contributed by atoms with van der Waals surface area (Å²) in [5.74, 6) is 3.79. The minimum Gasteiger partial charge on any atom is -0.299 e. The van der Waals surface area contributed by atoms with Gasteiger partial charge in [-0.15, -0.1) is 0 Å². The van der Waals surface area contributed by atoms with Gasteiger partial charge in [0.1, 0.15) is 5.78 Å². The molecule has 0 spiro atoms. The Morgan fingerprint density at radius 2 is 1.78 bits per heavy atom. The smallest absolute Gasteiger partial charge is 0.155 e. The fourth-order valence-electron chi connectivity index (χ4n) is 7.06. The topological polar surface area (TPSA) is 34.1 Å². The number of Topliss-reactive ketones (excluding diaryl/α,β-unsaturated/α-hetero) is 1. The highest BCUT2D eigenvalue weighted by atomic mass is 16.1. The van der Waals surface area contributed by atoms with Crippen LogP contribution in [0.5, 0.6) is 0 Å². The van der Waals surface area contributed by atoms with Crippen molar-refractivity contribution in [1.82, 2.24) is 0 Å². The molecule has 3 fully saturated rings. The molecule has 3 saturated carbocycles. The lowest BCUT2D eigenvalue weighted by molar-refractivity contribution is -0.136. The minimum atomic E-state index is -0.0548. The predicted molar refractivity (Wildman–Crippen MR) is 90.8 cm³/mol. The quantitative estimate of drug-likeness (QED) is 0.656. The van der Waals surface area contributed by atoms with E-state index in [0.717, 1.165) is 25.7 Å². The molecule has 4 aliphatic rings. The summed E-state index contributed by atoms with van der Waals surface area (Å²) in [6.07, 6.45) is 7.88. The fourth-order valence-corrected chi connectivity index (χ4v) is 7.06. The molecule has 0 aliphatic heterocycles. The van der Waals surface area contributed by atoms with E-state index >= 15 is 0 Å². The number of carbonyl (C=O) groups is 2. The Morgan fingerprint density at radius 1 is 1.04 bits per heavy atom. The Balaban J connectivity index is 1.78. The predicted octanol–water partition coefficient (Wildman–Crippen LogP) is 4.58. The standard InChI is InChI=1S/C21H30O2/c1-12-9-14-11-15(22)10-13(2)21(14,4)17-7-8-20(3)16(19(12)17)5-6-18(20)23/h11-13,16-17,19H,5-10H2,1-4H3/t12-,13+,16-,17-,19-,20-,21-/m0/s1. The van der Waals surface area contributed by atoms with Crippen LogP contribution in [0.25, 0.3) is 0 Å². The van der Waals surface area contributed by atoms with Crippen molar-refractivity contribution in [2.75, 3.05) is 0 Å². The fraction of sp³-hybridized carbons (Fsp3) is 0.810. The highest BCUT2D eigenvalue weighted by Crippen LogP contribution is 2.66. The first kappa shape index (κ1) is 15.6. The third-order valence-corrected chi connectivity index (χ3v) is 8.57. The summed E-state index contributed by atoms with van der Waals surface area (Å²) in [5, 5.41) is 0. The zero-order valence-electron chi connectivity index (χ0n) is 15.0. The van der Waals surface area contributed by atoms with E-state index in [-0.39, 0.29) is 10.8 Å². The summed E-state index contributed by atoms with van der Waals surface area (Å²) in [4.78, 5) is 24.6. The molecule has 0 amide bonds. The van der Waals surface area contributed by atoms with Crippen molar-refractivity contribution < 1.29 is 9.59 Å². The molecule has 0 N–H and O–H groups in total. The van der Waals surface area contributed by atoms with Crippen molar-refractivity contribution in [3.8, 4) is 0 Å². The first-order valence-electron chi connectivity index (χ1n) is 9.55. The van der Waals surface area contributed by atoms with E-state index in [1.165, 1.54) is 12.0 Å². The molecule has 0 aromatic heterocycles.